The lowest BCUT2D eigenvalue weighted by atomic mass is 9.86. The van der Waals surface area contributed by atoms with Crippen LogP contribution in [0.25, 0.3) is 0 Å². The summed E-state index contributed by atoms with van der Waals surface area (Å²) in [6.07, 6.45) is 3.24. The Kier molecular flexibility index (Phi) is 7.91. The van der Waals surface area contributed by atoms with Crippen LogP contribution in [0.1, 0.15) is 48.1 Å². The highest BCUT2D eigenvalue weighted by atomic mass is 19.1. The van der Waals surface area contributed by atoms with Crippen LogP contribution in [0.3, 0.4) is 0 Å². The summed E-state index contributed by atoms with van der Waals surface area (Å²) in [5, 5.41) is 17.6. The maximum absolute atomic E-state index is 14.3. The molecule has 1 aliphatic rings. The first kappa shape index (κ1) is 24.3. The third-order valence-electron chi connectivity index (χ3n) is 6.56. The van der Waals surface area contributed by atoms with Crippen molar-refractivity contribution in [3.8, 4) is 0 Å². The van der Waals surface area contributed by atoms with Gasteiger partial charge in [0.1, 0.15) is 17.5 Å². The van der Waals surface area contributed by atoms with Crippen molar-refractivity contribution >= 4 is 5.69 Å². The van der Waals surface area contributed by atoms with Gasteiger partial charge in [0.25, 0.3) is 0 Å². The number of rotatable bonds is 9. The van der Waals surface area contributed by atoms with Crippen molar-refractivity contribution in [3.05, 3.63) is 100 Å². The molecular weight excluding hydrogens is 437 g/mol. The third kappa shape index (κ3) is 5.99. The van der Waals surface area contributed by atoms with Crippen LogP contribution in [0.15, 0.2) is 60.7 Å². The van der Waals surface area contributed by atoms with Gasteiger partial charge >= 0.3 is 0 Å². The molecule has 0 aliphatic heterocycles. The Hall–Kier alpha value is -2.83. The molecule has 3 aromatic rings. The van der Waals surface area contributed by atoms with Crippen molar-refractivity contribution in [2.75, 3.05) is 11.9 Å². The first-order valence-electron chi connectivity index (χ1n) is 11.9. The first-order chi connectivity index (χ1) is 16.4. The van der Waals surface area contributed by atoms with Crippen LogP contribution in [0.4, 0.5) is 18.9 Å². The van der Waals surface area contributed by atoms with Gasteiger partial charge in [-0.25, -0.2) is 13.2 Å². The van der Waals surface area contributed by atoms with Crippen LogP contribution in [0.2, 0.25) is 0 Å². The summed E-state index contributed by atoms with van der Waals surface area (Å²) >= 11 is 0. The SMILES string of the molecule is CCc1ccc2c(c1)[C@@H](NC[C@@H](O)[C@H](Cc1cc(F)cc(F)c1)Nc1ccccc1F)CCC2. The second-order valence-electron chi connectivity index (χ2n) is 9.02. The van der Waals surface area contributed by atoms with Gasteiger partial charge in [-0.2, -0.15) is 0 Å². The molecule has 3 aromatic carbocycles. The highest BCUT2D eigenvalue weighted by Crippen LogP contribution is 2.31. The number of para-hydroxylation sites is 1. The number of halogens is 3. The van der Waals surface area contributed by atoms with Crippen molar-refractivity contribution in [2.24, 2.45) is 0 Å². The maximum atomic E-state index is 14.3. The average molecular weight is 469 g/mol. The quantitative estimate of drug-likeness (QED) is 0.377. The number of hydrogen-bond donors (Lipinski definition) is 3. The molecule has 0 fully saturated rings. The Morgan fingerprint density at radius 3 is 2.47 bits per heavy atom. The summed E-state index contributed by atoms with van der Waals surface area (Å²) in [4.78, 5) is 0. The number of nitrogens with one attached hydrogen (secondary N) is 2. The molecule has 0 heterocycles. The summed E-state index contributed by atoms with van der Waals surface area (Å²) in [7, 11) is 0. The van der Waals surface area contributed by atoms with E-state index in [1.165, 1.54) is 34.9 Å². The van der Waals surface area contributed by atoms with E-state index in [4.69, 9.17) is 0 Å². The van der Waals surface area contributed by atoms with Gasteiger partial charge in [0.2, 0.25) is 0 Å². The lowest BCUT2D eigenvalue weighted by molar-refractivity contribution is 0.143. The number of fused-ring (bicyclic) bond motifs is 1. The lowest BCUT2D eigenvalue weighted by Gasteiger charge is -2.31. The van der Waals surface area contributed by atoms with Gasteiger partial charge in [-0.3, -0.25) is 0 Å². The van der Waals surface area contributed by atoms with Crippen molar-refractivity contribution in [2.45, 2.75) is 57.2 Å². The van der Waals surface area contributed by atoms with Crippen LogP contribution in [0, 0.1) is 17.5 Å². The average Bonchev–Trinajstić information content (AvgIpc) is 2.82. The molecule has 0 saturated carbocycles. The molecule has 0 amide bonds. The molecule has 0 aromatic heterocycles. The standard InChI is InChI=1S/C28H31F3N2O/c1-2-18-10-11-20-6-5-9-25(23(20)14-18)32-17-28(34)27(33-26-8-4-3-7-24(26)31)15-19-12-21(29)16-22(30)13-19/h3-4,7-8,10-14,16,25,27-28,32-34H,2,5-6,9,15,17H2,1H3/t25-,27-,28+/m0/s1. The van der Waals surface area contributed by atoms with Gasteiger partial charge in [0.15, 0.2) is 0 Å². The summed E-state index contributed by atoms with van der Waals surface area (Å²) < 4.78 is 41.9. The van der Waals surface area contributed by atoms with E-state index in [1.54, 1.807) is 18.2 Å². The van der Waals surface area contributed by atoms with Crippen molar-refractivity contribution in [1.29, 1.82) is 0 Å². The Bertz CT molecular complexity index is 1100. The minimum absolute atomic E-state index is 0.116. The zero-order chi connectivity index (χ0) is 24.1. The molecule has 34 heavy (non-hydrogen) atoms. The van der Waals surface area contributed by atoms with Crippen LogP contribution < -0.4 is 10.6 Å². The maximum Gasteiger partial charge on any atom is 0.146 e. The van der Waals surface area contributed by atoms with E-state index >= 15 is 0 Å². The van der Waals surface area contributed by atoms with Crippen LogP contribution in [-0.4, -0.2) is 23.8 Å². The number of aryl methyl sites for hydroxylation is 2. The van der Waals surface area contributed by atoms with E-state index in [9.17, 15) is 18.3 Å². The Labute approximate surface area is 199 Å². The molecule has 180 valence electrons. The lowest BCUT2D eigenvalue weighted by Crippen LogP contribution is -2.43. The first-order valence-corrected chi connectivity index (χ1v) is 11.9. The second-order valence-corrected chi connectivity index (χ2v) is 9.02. The minimum Gasteiger partial charge on any atom is -0.390 e. The van der Waals surface area contributed by atoms with Crippen molar-refractivity contribution in [3.63, 3.8) is 0 Å². The molecule has 0 saturated heterocycles. The van der Waals surface area contributed by atoms with E-state index in [-0.39, 0.29) is 24.7 Å². The molecule has 0 bridgehead atoms. The molecule has 6 heteroatoms. The number of benzene rings is 3. The normalized spacial score (nSPS) is 17.1. The number of aliphatic hydroxyl groups excluding tert-OH is 1. The minimum atomic E-state index is -0.925. The number of anilines is 1. The molecule has 0 unspecified atom stereocenters. The summed E-state index contributed by atoms with van der Waals surface area (Å²) in [5.74, 6) is -1.82. The van der Waals surface area contributed by atoms with Gasteiger partial charge < -0.3 is 15.7 Å². The summed E-state index contributed by atoms with van der Waals surface area (Å²) in [6.45, 7) is 2.38. The molecule has 0 radical (unpaired) electrons. The molecule has 3 N–H and O–H groups in total. The monoisotopic (exact) mass is 468 g/mol. The predicted octanol–water partition coefficient (Wildman–Crippen LogP) is 5.72. The molecule has 3 nitrogen and oxygen atoms in total. The van der Waals surface area contributed by atoms with Crippen molar-refractivity contribution < 1.29 is 18.3 Å². The fourth-order valence-electron chi connectivity index (χ4n) is 4.73. The van der Waals surface area contributed by atoms with Gasteiger partial charge in [0.05, 0.1) is 17.8 Å². The van der Waals surface area contributed by atoms with E-state index < -0.39 is 29.6 Å². The Morgan fingerprint density at radius 2 is 1.74 bits per heavy atom. The molecule has 3 atom stereocenters. The zero-order valence-corrected chi connectivity index (χ0v) is 19.3. The largest absolute Gasteiger partial charge is 0.390 e. The second kappa shape index (κ2) is 11.1. The molecular formula is C28H31F3N2O. The van der Waals surface area contributed by atoms with Gasteiger partial charge in [-0.1, -0.05) is 37.3 Å². The molecule has 1 aliphatic carbocycles. The fraction of sp³-hybridized carbons (Fsp3) is 0.357. The van der Waals surface area contributed by atoms with Crippen molar-refractivity contribution in [1.82, 2.24) is 5.32 Å². The van der Waals surface area contributed by atoms with E-state index in [0.717, 1.165) is 31.7 Å². The smallest absolute Gasteiger partial charge is 0.146 e. The molecule has 0 spiro atoms. The summed E-state index contributed by atoms with van der Waals surface area (Å²) in [5.41, 5.74) is 4.50. The van der Waals surface area contributed by atoms with E-state index in [1.807, 2.05) is 0 Å². The highest BCUT2D eigenvalue weighted by molar-refractivity contribution is 5.46. The van der Waals surface area contributed by atoms with Crippen LogP contribution >= 0.6 is 0 Å². The van der Waals surface area contributed by atoms with E-state index in [2.05, 4.69) is 35.8 Å². The predicted molar refractivity (Wildman–Crippen MR) is 129 cm³/mol. The number of aliphatic hydroxyl groups is 1. The topological polar surface area (TPSA) is 44.3 Å². The number of hydrogen-bond acceptors (Lipinski definition) is 3. The Balaban J connectivity index is 1.51. The summed E-state index contributed by atoms with van der Waals surface area (Å²) in [6, 6.07) is 15.5. The Morgan fingerprint density at radius 1 is 0.971 bits per heavy atom. The van der Waals surface area contributed by atoms with Crippen LogP contribution in [0.5, 0.6) is 0 Å². The van der Waals surface area contributed by atoms with Gasteiger partial charge in [-0.05, 0) is 78.6 Å². The van der Waals surface area contributed by atoms with E-state index in [0.29, 0.717) is 5.56 Å². The zero-order valence-electron chi connectivity index (χ0n) is 19.3. The van der Waals surface area contributed by atoms with Gasteiger partial charge in [0, 0.05) is 18.7 Å². The van der Waals surface area contributed by atoms with Crippen LogP contribution in [-0.2, 0) is 19.3 Å². The third-order valence-corrected chi connectivity index (χ3v) is 6.56. The fourth-order valence-corrected chi connectivity index (χ4v) is 4.73. The van der Waals surface area contributed by atoms with Gasteiger partial charge in [-0.15, -0.1) is 0 Å². The highest BCUT2D eigenvalue weighted by Gasteiger charge is 2.25. The molecule has 4 rings (SSSR count).